The molecule has 1 aromatic heterocycles. The van der Waals surface area contributed by atoms with Gasteiger partial charge in [0.25, 0.3) is 0 Å². The van der Waals surface area contributed by atoms with E-state index in [4.69, 9.17) is 0 Å². The van der Waals surface area contributed by atoms with E-state index in [0.717, 1.165) is 27.6 Å². The van der Waals surface area contributed by atoms with Crippen molar-refractivity contribution < 1.29 is 0 Å². The molecule has 0 atom stereocenters. The number of benzene rings is 1. The summed E-state index contributed by atoms with van der Waals surface area (Å²) in [6, 6.07) is 10.1. The van der Waals surface area contributed by atoms with Crippen LogP contribution in [0.4, 0.5) is 11.4 Å². The van der Waals surface area contributed by atoms with Gasteiger partial charge in [0.15, 0.2) is 0 Å². The molecule has 0 unspecified atom stereocenters. The van der Waals surface area contributed by atoms with Crippen molar-refractivity contribution in [3.8, 4) is 6.07 Å². The van der Waals surface area contributed by atoms with E-state index in [2.05, 4.69) is 23.3 Å². The number of thioether (sulfide) groups is 1. The van der Waals surface area contributed by atoms with Crippen LogP contribution in [-0.2, 0) is 0 Å². The Balaban J connectivity index is 2.35. The lowest BCUT2D eigenvalue weighted by Crippen LogP contribution is -1.96. The number of pyridine rings is 1. The fourth-order valence-electron chi connectivity index (χ4n) is 1.81. The molecular weight excluding hydrogens is 254 g/mol. The fraction of sp³-hybridized carbons (Fsp3) is 0.200. The highest BCUT2D eigenvalue weighted by molar-refractivity contribution is 7.99. The number of aromatic nitrogens is 1. The molecule has 0 aliphatic heterocycles. The normalized spacial score (nSPS) is 9.95. The summed E-state index contributed by atoms with van der Waals surface area (Å²) in [5.74, 6) is 0.949. The minimum atomic E-state index is 0.691. The van der Waals surface area contributed by atoms with Gasteiger partial charge < -0.3 is 5.32 Å². The van der Waals surface area contributed by atoms with Gasteiger partial charge in [0.1, 0.15) is 6.07 Å². The summed E-state index contributed by atoms with van der Waals surface area (Å²) in [6.45, 7) is 4.07. The monoisotopic (exact) mass is 269 g/mol. The predicted octanol–water partition coefficient (Wildman–Crippen LogP) is 4.12. The van der Waals surface area contributed by atoms with Gasteiger partial charge in [-0.25, -0.2) is 0 Å². The Kier molecular flexibility index (Phi) is 4.43. The first kappa shape index (κ1) is 13.4. The van der Waals surface area contributed by atoms with E-state index in [9.17, 15) is 5.26 Å². The Hall–Kier alpha value is -1.99. The molecule has 0 saturated heterocycles. The standard InChI is InChI=1S/C15H15N3S/c1-3-19-15-6-4-5-14(13(15)8-16)18-12-7-11(2)9-17-10-12/h4-7,9-10,18H,3H2,1-2H3. The molecule has 19 heavy (non-hydrogen) atoms. The minimum Gasteiger partial charge on any atom is -0.353 e. The zero-order valence-electron chi connectivity index (χ0n) is 11.0. The minimum absolute atomic E-state index is 0.691. The van der Waals surface area contributed by atoms with Crippen LogP contribution in [0.3, 0.4) is 0 Å². The van der Waals surface area contributed by atoms with Gasteiger partial charge in [-0.3, -0.25) is 4.98 Å². The third kappa shape index (κ3) is 3.27. The number of nitriles is 1. The van der Waals surface area contributed by atoms with Gasteiger partial charge in [-0.1, -0.05) is 13.0 Å². The highest BCUT2D eigenvalue weighted by atomic mass is 32.2. The molecule has 0 spiro atoms. The molecule has 1 aromatic carbocycles. The van der Waals surface area contributed by atoms with Crippen molar-refractivity contribution in [3.05, 3.63) is 47.8 Å². The highest BCUT2D eigenvalue weighted by Gasteiger charge is 2.08. The van der Waals surface area contributed by atoms with Crippen LogP contribution in [0.1, 0.15) is 18.1 Å². The summed E-state index contributed by atoms with van der Waals surface area (Å²) in [4.78, 5) is 5.15. The molecule has 0 aliphatic carbocycles. The van der Waals surface area contributed by atoms with Crippen molar-refractivity contribution in [1.82, 2.24) is 4.98 Å². The van der Waals surface area contributed by atoms with Crippen LogP contribution in [0.5, 0.6) is 0 Å². The number of hydrogen-bond donors (Lipinski definition) is 1. The van der Waals surface area contributed by atoms with Crippen molar-refractivity contribution in [2.45, 2.75) is 18.7 Å². The van der Waals surface area contributed by atoms with Crippen molar-refractivity contribution >= 4 is 23.1 Å². The molecule has 3 nitrogen and oxygen atoms in total. The Morgan fingerprint density at radius 1 is 1.37 bits per heavy atom. The van der Waals surface area contributed by atoms with Gasteiger partial charge in [-0.05, 0) is 36.4 Å². The van der Waals surface area contributed by atoms with Crippen molar-refractivity contribution in [1.29, 1.82) is 5.26 Å². The van der Waals surface area contributed by atoms with E-state index < -0.39 is 0 Å². The summed E-state index contributed by atoms with van der Waals surface area (Å²) in [6.07, 6.45) is 3.56. The summed E-state index contributed by atoms with van der Waals surface area (Å²) in [7, 11) is 0. The Morgan fingerprint density at radius 3 is 2.89 bits per heavy atom. The average Bonchev–Trinajstić information content (AvgIpc) is 2.39. The van der Waals surface area contributed by atoms with E-state index in [0.29, 0.717) is 5.56 Å². The first-order valence-electron chi connectivity index (χ1n) is 6.09. The molecule has 1 N–H and O–H groups in total. The molecule has 2 aromatic rings. The second-order valence-electron chi connectivity index (χ2n) is 4.10. The summed E-state index contributed by atoms with van der Waals surface area (Å²) in [5, 5.41) is 12.6. The zero-order chi connectivity index (χ0) is 13.7. The van der Waals surface area contributed by atoms with E-state index in [1.54, 1.807) is 24.2 Å². The van der Waals surface area contributed by atoms with Gasteiger partial charge in [0, 0.05) is 11.1 Å². The van der Waals surface area contributed by atoms with Crippen LogP contribution in [0.2, 0.25) is 0 Å². The van der Waals surface area contributed by atoms with Crippen LogP contribution in [0.25, 0.3) is 0 Å². The molecule has 0 bridgehead atoms. The average molecular weight is 269 g/mol. The predicted molar refractivity (Wildman–Crippen MR) is 79.8 cm³/mol. The molecule has 0 saturated carbocycles. The van der Waals surface area contributed by atoms with Crippen LogP contribution >= 0.6 is 11.8 Å². The number of nitrogens with zero attached hydrogens (tertiary/aromatic N) is 2. The van der Waals surface area contributed by atoms with Crippen LogP contribution < -0.4 is 5.32 Å². The largest absolute Gasteiger partial charge is 0.353 e. The third-order valence-corrected chi connectivity index (χ3v) is 3.53. The topological polar surface area (TPSA) is 48.7 Å². The van der Waals surface area contributed by atoms with Gasteiger partial charge in [-0.15, -0.1) is 11.8 Å². The summed E-state index contributed by atoms with van der Waals surface area (Å²) < 4.78 is 0. The molecule has 0 radical (unpaired) electrons. The lowest BCUT2D eigenvalue weighted by atomic mass is 10.2. The maximum absolute atomic E-state index is 9.34. The Bertz CT molecular complexity index is 617. The quantitative estimate of drug-likeness (QED) is 0.848. The Labute approximate surface area is 117 Å². The van der Waals surface area contributed by atoms with Gasteiger partial charge in [0.2, 0.25) is 0 Å². The van der Waals surface area contributed by atoms with E-state index >= 15 is 0 Å². The van der Waals surface area contributed by atoms with E-state index in [-0.39, 0.29) is 0 Å². The van der Waals surface area contributed by atoms with Gasteiger partial charge in [-0.2, -0.15) is 5.26 Å². The Morgan fingerprint density at radius 2 is 2.21 bits per heavy atom. The SMILES string of the molecule is CCSc1cccc(Nc2cncc(C)c2)c1C#N. The van der Waals surface area contributed by atoms with E-state index in [1.165, 1.54) is 0 Å². The van der Waals surface area contributed by atoms with Crippen LogP contribution in [0, 0.1) is 18.3 Å². The first-order valence-corrected chi connectivity index (χ1v) is 7.07. The molecule has 1 heterocycles. The zero-order valence-corrected chi connectivity index (χ0v) is 11.8. The molecule has 0 aliphatic rings. The number of rotatable bonds is 4. The molecule has 4 heteroatoms. The number of anilines is 2. The molecule has 0 amide bonds. The van der Waals surface area contributed by atoms with Crippen molar-refractivity contribution in [2.24, 2.45) is 0 Å². The second-order valence-corrected chi connectivity index (χ2v) is 5.41. The second kappa shape index (κ2) is 6.26. The maximum Gasteiger partial charge on any atom is 0.103 e. The molecule has 0 fully saturated rings. The van der Waals surface area contributed by atoms with E-state index in [1.807, 2.05) is 31.2 Å². The number of nitrogens with one attached hydrogen (secondary N) is 1. The fourth-order valence-corrected chi connectivity index (χ4v) is 2.59. The number of aryl methyl sites for hydroxylation is 1. The smallest absolute Gasteiger partial charge is 0.103 e. The van der Waals surface area contributed by atoms with Crippen LogP contribution in [-0.4, -0.2) is 10.7 Å². The molecular formula is C15H15N3S. The summed E-state index contributed by atoms with van der Waals surface area (Å²) >= 11 is 1.68. The highest BCUT2D eigenvalue weighted by Crippen LogP contribution is 2.29. The molecule has 2 rings (SSSR count). The lowest BCUT2D eigenvalue weighted by molar-refractivity contribution is 1.26. The summed E-state index contributed by atoms with van der Waals surface area (Å²) in [5.41, 5.74) is 3.50. The first-order chi connectivity index (χ1) is 9.24. The third-order valence-electron chi connectivity index (χ3n) is 2.59. The lowest BCUT2D eigenvalue weighted by Gasteiger charge is -2.11. The van der Waals surface area contributed by atoms with Gasteiger partial charge >= 0.3 is 0 Å². The maximum atomic E-state index is 9.34. The molecule has 96 valence electrons. The van der Waals surface area contributed by atoms with Crippen molar-refractivity contribution in [2.75, 3.05) is 11.1 Å². The van der Waals surface area contributed by atoms with Crippen LogP contribution in [0.15, 0.2) is 41.6 Å². The van der Waals surface area contributed by atoms with Gasteiger partial charge in [0.05, 0.1) is 23.1 Å². The number of hydrogen-bond acceptors (Lipinski definition) is 4. The van der Waals surface area contributed by atoms with Crippen molar-refractivity contribution in [3.63, 3.8) is 0 Å².